The zero-order valence-electron chi connectivity index (χ0n) is 12.8. The van der Waals surface area contributed by atoms with Crippen LogP contribution in [0.4, 0.5) is 0 Å². The zero-order chi connectivity index (χ0) is 15.9. The van der Waals surface area contributed by atoms with Crippen molar-refractivity contribution in [3.63, 3.8) is 0 Å². The predicted molar refractivity (Wildman–Crippen MR) is 98.4 cm³/mol. The summed E-state index contributed by atoms with van der Waals surface area (Å²) in [5.74, 6) is 0.755. The lowest BCUT2D eigenvalue weighted by Crippen LogP contribution is -2.28. The van der Waals surface area contributed by atoms with Crippen LogP contribution in [-0.4, -0.2) is 5.75 Å². The summed E-state index contributed by atoms with van der Waals surface area (Å²) in [4.78, 5) is 0. The SMILES string of the molecule is C=CCSOC(CC(=C)C)(CC(=C)C)c1ccc(Br)cc1. The van der Waals surface area contributed by atoms with Gasteiger partial charge in [-0.1, -0.05) is 45.3 Å². The Bertz CT molecular complexity index is 488. The highest BCUT2D eigenvalue weighted by Gasteiger charge is 2.34. The molecule has 0 saturated heterocycles. The molecule has 1 aromatic rings. The fourth-order valence-corrected chi connectivity index (χ4v) is 3.17. The molecule has 0 aliphatic carbocycles. The summed E-state index contributed by atoms with van der Waals surface area (Å²) in [6.07, 6.45) is 3.38. The average Bonchev–Trinajstić information content (AvgIpc) is 2.38. The van der Waals surface area contributed by atoms with Crippen LogP contribution in [0.1, 0.15) is 32.3 Å². The third kappa shape index (κ3) is 5.85. The van der Waals surface area contributed by atoms with E-state index in [1.165, 1.54) is 12.0 Å². The molecule has 3 heteroatoms. The minimum Gasteiger partial charge on any atom is -0.303 e. The maximum absolute atomic E-state index is 6.23. The Morgan fingerprint density at radius 1 is 1.19 bits per heavy atom. The van der Waals surface area contributed by atoms with Crippen molar-refractivity contribution in [3.05, 3.63) is 71.3 Å². The Kier molecular flexibility index (Phi) is 7.50. The maximum Gasteiger partial charge on any atom is 0.115 e. The van der Waals surface area contributed by atoms with Gasteiger partial charge >= 0.3 is 0 Å². The summed E-state index contributed by atoms with van der Waals surface area (Å²) in [7, 11) is 0. The highest BCUT2D eigenvalue weighted by Crippen LogP contribution is 2.41. The van der Waals surface area contributed by atoms with Crippen LogP contribution in [0.15, 0.2) is 65.7 Å². The number of benzene rings is 1. The Balaban J connectivity index is 3.19. The van der Waals surface area contributed by atoms with Gasteiger partial charge in [0.1, 0.15) is 5.60 Å². The molecule has 0 aliphatic heterocycles. The molecular weight excluding hydrogens is 344 g/mol. The second kappa shape index (κ2) is 8.62. The maximum atomic E-state index is 6.23. The van der Waals surface area contributed by atoms with Crippen molar-refractivity contribution in [2.75, 3.05) is 5.75 Å². The van der Waals surface area contributed by atoms with Crippen LogP contribution >= 0.6 is 28.0 Å². The molecule has 0 aliphatic rings. The molecule has 0 atom stereocenters. The van der Waals surface area contributed by atoms with Gasteiger partial charge < -0.3 is 4.18 Å². The molecule has 0 fully saturated rings. The standard InChI is InChI=1S/C18H23BrOS/c1-6-11-21-20-18(12-14(2)3,13-15(4)5)16-7-9-17(19)10-8-16/h6-10H,1-2,4,11-13H2,3,5H3. The number of hydrogen-bond donors (Lipinski definition) is 0. The van der Waals surface area contributed by atoms with Gasteiger partial charge in [0.25, 0.3) is 0 Å². The van der Waals surface area contributed by atoms with E-state index in [2.05, 4.69) is 47.8 Å². The van der Waals surface area contributed by atoms with Crippen LogP contribution in [0, 0.1) is 0 Å². The molecule has 0 amide bonds. The van der Waals surface area contributed by atoms with E-state index in [1.54, 1.807) is 0 Å². The summed E-state index contributed by atoms with van der Waals surface area (Å²) < 4.78 is 7.29. The van der Waals surface area contributed by atoms with E-state index in [0.717, 1.165) is 39.8 Å². The molecule has 1 rings (SSSR count). The van der Waals surface area contributed by atoms with Crippen molar-refractivity contribution in [1.82, 2.24) is 0 Å². The fourth-order valence-electron chi connectivity index (χ4n) is 2.30. The monoisotopic (exact) mass is 366 g/mol. The van der Waals surface area contributed by atoms with Gasteiger partial charge in [-0.2, -0.15) is 0 Å². The Hall–Kier alpha value is -0.770. The van der Waals surface area contributed by atoms with Crippen LogP contribution in [0.25, 0.3) is 0 Å². The largest absolute Gasteiger partial charge is 0.303 e. The first-order chi connectivity index (χ1) is 9.89. The third-order valence-electron chi connectivity index (χ3n) is 2.95. The highest BCUT2D eigenvalue weighted by atomic mass is 79.9. The van der Waals surface area contributed by atoms with E-state index in [1.807, 2.05) is 32.1 Å². The van der Waals surface area contributed by atoms with Crippen molar-refractivity contribution in [2.45, 2.75) is 32.3 Å². The van der Waals surface area contributed by atoms with Gasteiger partial charge in [-0.25, -0.2) is 0 Å². The molecule has 1 aromatic carbocycles. The summed E-state index contributed by atoms with van der Waals surface area (Å²) in [6.45, 7) is 16.0. The van der Waals surface area contributed by atoms with Crippen molar-refractivity contribution >= 4 is 28.0 Å². The first-order valence-corrected chi connectivity index (χ1v) is 8.56. The van der Waals surface area contributed by atoms with E-state index in [4.69, 9.17) is 4.18 Å². The van der Waals surface area contributed by atoms with Gasteiger partial charge in [0, 0.05) is 23.1 Å². The Labute approximate surface area is 141 Å². The smallest absolute Gasteiger partial charge is 0.115 e. The van der Waals surface area contributed by atoms with Crippen molar-refractivity contribution in [3.8, 4) is 0 Å². The first kappa shape index (κ1) is 18.3. The third-order valence-corrected chi connectivity index (χ3v) is 4.29. The molecule has 0 bridgehead atoms. The minimum atomic E-state index is -0.425. The van der Waals surface area contributed by atoms with Gasteiger partial charge in [-0.3, -0.25) is 0 Å². The summed E-state index contributed by atoms with van der Waals surface area (Å²) in [5, 5.41) is 0. The quantitative estimate of drug-likeness (QED) is 0.283. The highest BCUT2D eigenvalue weighted by molar-refractivity contribution is 9.10. The average molecular weight is 367 g/mol. The second-order valence-electron chi connectivity index (χ2n) is 5.43. The fraction of sp³-hybridized carbons (Fsp3) is 0.333. The Morgan fingerprint density at radius 2 is 1.71 bits per heavy atom. The molecule has 0 aromatic heterocycles. The molecule has 0 heterocycles. The lowest BCUT2D eigenvalue weighted by molar-refractivity contribution is 0.0944. The lowest BCUT2D eigenvalue weighted by atomic mass is 9.83. The summed E-state index contributed by atoms with van der Waals surface area (Å²) in [5.41, 5.74) is 2.91. The minimum absolute atomic E-state index is 0.425. The van der Waals surface area contributed by atoms with Gasteiger partial charge in [0.2, 0.25) is 0 Å². The van der Waals surface area contributed by atoms with Crippen LogP contribution in [0.5, 0.6) is 0 Å². The van der Waals surface area contributed by atoms with Gasteiger partial charge in [-0.05, 0) is 43.6 Å². The normalized spacial score (nSPS) is 11.2. The topological polar surface area (TPSA) is 9.23 Å². The van der Waals surface area contributed by atoms with Gasteiger partial charge in [0.05, 0.1) is 0 Å². The van der Waals surface area contributed by atoms with E-state index in [0.29, 0.717) is 0 Å². The van der Waals surface area contributed by atoms with E-state index in [9.17, 15) is 0 Å². The summed E-state index contributed by atoms with van der Waals surface area (Å²) >= 11 is 4.91. The summed E-state index contributed by atoms with van der Waals surface area (Å²) in [6, 6.07) is 8.29. The molecule has 0 saturated carbocycles. The first-order valence-electron chi connectivity index (χ1n) is 6.86. The molecule has 0 radical (unpaired) electrons. The molecule has 114 valence electrons. The second-order valence-corrected chi connectivity index (χ2v) is 7.08. The molecule has 0 N–H and O–H groups in total. The predicted octanol–water partition coefficient (Wildman–Crippen LogP) is 6.43. The number of rotatable bonds is 9. The van der Waals surface area contributed by atoms with E-state index < -0.39 is 5.60 Å². The molecule has 21 heavy (non-hydrogen) atoms. The van der Waals surface area contributed by atoms with Crippen molar-refractivity contribution in [1.29, 1.82) is 0 Å². The van der Waals surface area contributed by atoms with Crippen LogP contribution in [0.2, 0.25) is 0 Å². The van der Waals surface area contributed by atoms with Gasteiger partial charge in [-0.15, -0.1) is 19.7 Å². The van der Waals surface area contributed by atoms with E-state index in [-0.39, 0.29) is 0 Å². The molecular formula is C18H23BrOS. The zero-order valence-corrected chi connectivity index (χ0v) is 15.2. The van der Waals surface area contributed by atoms with Crippen molar-refractivity contribution < 1.29 is 4.18 Å². The van der Waals surface area contributed by atoms with Crippen molar-refractivity contribution in [2.24, 2.45) is 0 Å². The van der Waals surface area contributed by atoms with Crippen LogP contribution in [-0.2, 0) is 9.78 Å². The number of halogens is 1. The lowest BCUT2D eigenvalue weighted by Gasteiger charge is -2.34. The van der Waals surface area contributed by atoms with Crippen LogP contribution in [0.3, 0.4) is 0 Å². The molecule has 0 spiro atoms. The molecule has 0 unspecified atom stereocenters. The Morgan fingerprint density at radius 3 is 2.14 bits per heavy atom. The van der Waals surface area contributed by atoms with E-state index >= 15 is 0 Å². The van der Waals surface area contributed by atoms with Gasteiger partial charge in [0.15, 0.2) is 0 Å². The number of hydrogen-bond acceptors (Lipinski definition) is 2. The molecule has 1 nitrogen and oxygen atoms in total. The van der Waals surface area contributed by atoms with Crippen LogP contribution < -0.4 is 0 Å².